The predicted octanol–water partition coefficient (Wildman–Crippen LogP) is 2.44. The van der Waals surface area contributed by atoms with E-state index in [4.69, 9.17) is 15.4 Å². The molecule has 0 radical (unpaired) electrons. The molecule has 0 atom stereocenters. The number of rotatable bonds is 3. The number of halogens is 1. The molecule has 1 aromatic carbocycles. The molecule has 0 spiro atoms. The van der Waals surface area contributed by atoms with Crippen LogP contribution in [0.15, 0.2) is 12.1 Å². The summed E-state index contributed by atoms with van der Waals surface area (Å²) in [5.74, 6) is 6.28. The van der Waals surface area contributed by atoms with Crippen LogP contribution in [0.25, 0.3) is 0 Å². The highest BCUT2D eigenvalue weighted by Gasteiger charge is 2.26. The lowest BCUT2D eigenvalue weighted by Crippen LogP contribution is -2.14. The van der Waals surface area contributed by atoms with Gasteiger partial charge >= 0.3 is 0 Å². The number of hydrogen-bond donors (Lipinski definition) is 1. The lowest BCUT2D eigenvalue weighted by molar-refractivity contribution is 0.119. The Bertz CT molecular complexity index is 429. The molecule has 5 heteroatoms. The Morgan fingerprint density at radius 3 is 2.44 bits per heavy atom. The quantitative estimate of drug-likeness (QED) is 0.843. The van der Waals surface area contributed by atoms with E-state index in [-0.39, 0.29) is 6.61 Å². The van der Waals surface area contributed by atoms with Gasteiger partial charge in [0.15, 0.2) is 11.5 Å². The van der Waals surface area contributed by atoms with Crippen molar-refractivity contribution in [2.75, 3.05) is 13.2 Å². The Labute approximate surface area is 106 Å². The van der Waals surface area contributed by atoms with Crippen LogP contribution in [0.2, 0.25) is 0 Å². The molecule has 1 heterocycles. The molecule has 1 aliphatic rings. The Hall–Kier alpha value is -1.33. The number of fused-ring (bicyclic) bond motifs is 1. The van der Waals surface area contributed by atoms with Gasteiger partial charge in [-0.05, 0) is 37.1 Å². The van der Waals surface area contributed by atoms with E-state index in [9.17, 15) is 4.39 Å². The number of hydrogen-bond acceptors (Lipinski definition) is 4. The van der Waals surface area contributed by atoms with Crippen molar-refractivity contribution in [3.63, 3.8) is 0 Å². The van der Waals surface area contributed by atoms with E-state index in [0.29, 0.717) is 35.8 Å². The fourth-order valence-corrected chi connectivity index (χ4v) is 2.01. The van der Waals surface area contributed by atoms with Crippen LogP contribution in [-0.2, 0) is 17.1 Å². The molecule has 0 fully saturated rings. The summed E-state index contributed by atoms with van der Waals surface area (Å²) in [5.41, 5.74) is -0.301. The fourth-order valence-electron chi connectivity index (χ4n) is 2.01. The van der Waals surface area contributed by atoms with Crippen LogP contribution >= 0.6 is 0 Å². The third kappa shape index (κ3) is 2.73. The molecule has 0 amide bonds. The van der Waals surface area contributed by atoms with Crippen LogP contribution in [0.1, 0.15) is 31.4 Å². The van der Waals surface area contributed by atoms with Gasteiger partial charge in [-0.15, -0.1) is 0 Å². The van der Waals surface area contributed by atoms with Gasteiger partial charge in [0.05, 0.1) is 19.8 Å². The van der Waals surface area contributed by atoms with Crippen molar-refractivity contribution in [3.05, 3.63) is 23.3 Å². The zero-order valence-corrected chi connectivity index (χ0v) is 10.7. The van der Waals surface area contributed by atoms with Crippen molar-refractivity contribution in [1.82, 2.24) is 0 Å². The van der Waals surface area contributed by atoms with Gasteiger partial charge < -0.3 is 9.47 Å². The van der Waals surface area contributed by atoms with Gasteiger partial charge in [-0.25, -0.2) is 10.3 Å². The molecule has 0 unspecified atom stereocenters. The summed E-state index contributed by atoms with van der Waals surface area (Å²) in [4.78, 5) is 4.62. The minimum absolute atomic E-state index is 0.138. The van der Waals surface area contributed by atoms with Gasteiger partial charge in [0, 0.05) is 6.42 Å². The smallest absolute Gasteiger partial charge is 0.161 e. The third-order valence-corrected chi connectivity index (χ3v) is 2.85. The predicted molar refractivity (Wildman–Crippen MR) is 65.2 cm³/mol. The van der Waals surface area contributed by atoms with Crippen LogP contribution in [0.3, 0.4) is 0 Å². The van der Waals surface area contributed by atoms with Gasteiger partial charge in [-0.1, -0.05) is 0 Å². The second-order valence-corrected chi connectivity index (χ2v) is 4.79. The molecular weight excluding hydrogens is 237 g/mol. The largest absolute Gasteiger partial charge is 0.490 e. The Morgan fingerprint density at radius 2 is 1.89 bits per heavy atom. The average molecular weight is 255 g/mol. The van der Waals surface area contributed by atoms with E-state index in [1.807, 2.05) is 0 Å². The SMILES string of the molecule is CC(C)(F)c1cc2c(cc1CON)OCCCO2. The first-order chi connectivity index (χ1) is 8.52. The lowest BCUT2D eigenvalue weighted by Gasteiger charge is -2.21. The van der Waals surface area contributed by atoms with Crippen molar-refractivity contribution in [2.24, 2.45) is 5.90 Å². The molecule has 0 aromatic heterocycles. The standard InChI is InChI=1S/C13H18FNO3/c1-13(2,14)10-7-12-11(6-9(10)8-18-15)16-4-3-5-17-12/h6-7H,3-5,8,15H2,1-2H3. The minimum atomic E-state index is -1.49. The highest BCUT2D eigenvalue weighted by molar-refractivity contribution is 5.49. The maximum atomic E-state index is 14.2. The molecule has 4 nitrogen and oxygen atoms in total. The van der Waals surface area contributed by atoms with Crippen molar-refractivity contribution in [1.29, 1.82) is 0 Å². The van der Waals surface area contributed by atoms with Gasteiger partial charge in [0.1, 0.15) is 5.67 Å². The summed E-state index contributed by atoms with van der Waals surface area (Å²) in [6.45, 7) is 4.29. The molecule has 0 saturated heterocycles. The van der Waals surface area contributed by atoms with Crippen LogP contribution in [0.4, 0.5) is 4.39 Å². The summed E-state index contributed by atoms with van der Waals surface area (Å²) < 4.78 is 25.3. The van der Waals surface area contributed by atoms with Crippen molar-refractivity contribution in [2.45, 2.75) is 32.5 Å². The lowest BCUT2D eigenvalue weighted by atomic mass is 9.94. The third-order valence-electron chi connectivity index (χ3n) is 2.85. The molecular formula is C13H18FNO3. The summed E-state index contributed by atoms with van der Waals surface area (Å²) in [6.07, 6.45) is 0.811. The normalized spacial score (nSPS) is 15.3. The maximum Gasteiger partial charge on any atom is 0.161 e. The zero-order chi connectivity index (χ0) is 13.2. The Morgan fingerprint density at radius 1 is 1.28 bits per heavy atom. The first-order valence-corrected chi connectivity index (χ1v) is 5.96. The minimum Gasteiger partial charge on any atom is -0.490 e. The topological polar surface area (TPSA) is 53.7 Å². The van der Waals surface area contributed by atoms with E-state index in [0.717, 1.165) is 6.42 Å². The van der Waals surface area contributed by atoms with E-state index in [2.05, 4.69) is 4.84 Å². The molecule has 18 heavy (non-hydrogen) atoms. The highest BCUT2D eigenvalue weighted by atomic mass is 19.1. The second-order valence-electron chi connectivity index (χ2n) is 4.79. The monoisotopic (exact) mass is 255 g/mol. The van der Waals surface area contributed by atoms with E-state index < -0.39 is 5.67 Å². The number of alkyl halides is 1. The van der Waals surface area contributed by atoms with Gasteiger partial charge in [-0.3, -0.25) is 4.84 Å². The molecule has 100 valence electrons. The summed E-state index contributed by atoms with van der Waals surface area (Å²) in [6, 6.07) is 3.42. The van der Waals surface area contributed by atoms with Crippen LogP contribution in [0, 0.1) is 0 Å². The Balaban J connectivity index is 2.47. The van der Waals surface area contributed by atoms with Gasteiger partial charge in [-0.2, -0.15) is 0 Å². The molecule has 1 aliphatic heterocycles. The molecule has 0 bridgehead atoms. The van der Waals surface area contributed by atoms with E-state index in [1.54, 1.807) is 12.1 Å². The average Bonchev–Trinajstić information content (AvgIpc) is 2.51. The summed E-state index contributed by atoms with van der Waals surface area (Å²) >= 11 is 0. The number of benzene rings is 1. The van der Waals surface area contributed by atoms with Crippen LogP contribution in [-0.4, -0.2) is 13.2 Å². The van der Waals surface area contributed by atoms with Crippen molar-refractivity contribution < 1.29 is 18.7 Å². The second kappa shape index (κ2) is 5.12. The first kappa shape index (κ1) is 13.1. The van der Waals surface area contributed by atoms with Crippen molar-refractivity contribution in [3.8, 4) is 11.5 Å². The van der Waals surface area contributed by atoms with Crippen LogP contribution < -0.4 is 15.4 Å². The molecule has 2 rings (SSSR count). The molecule has 2 N–H and O–H groups in total. The first-order valence-electron chi connectivity index (χ1n) is 5.96. The maximum absolute atomic E-state index is 14.2. The van der Waals surface area contributed by atoms with Gasteiger partial charge in [0.25, 0.3) is 0 Å². The van der Waals surface area contributed by atoms with E-state index >= 15 is 0 Å². The molecule has 0 saturated carbocycles. The summed E-state index contributed by atoms with van der Waals surface area (Å²) in [7, 11) is 0. The molecule has 0 aliphatic carbocycles. The van der Waals surface area contributed by atoms with Crippen LogP contribution in [0.5, 0.6) is 11.5 Å². The highest BCUT2D eigenvalue weighted by Crippen LogP contribution is 2.38. The fraction of sp³-hybridized carbons (Fsp3) is 0.538. The number of ether oxygens (including phenoxy) is 2. The number of nitrogens with two attached hydrogens (primary N) is 1. The Kier molecular flexibility index (Phi) is 3.73. The molecule has 1 aromatic rings. The van der Waals surface area contributed by atoms with E-state index in [1.165, 1.54) is 13.8 Å². The summed E-state index contributed by atoms with van der Waals surface area (Å²) in [5, 5.41) is 0. The zero-order valence-electron chi connectivity index (χ0n) is 10.7. The van der Waals surface area contributed by atoms with Crippen molar-refractivity contribution >= 4 is 0 Å². The van der Waals surface area contributed by atoms with Gasteiger partial charge in [0.2, 0.25) is 0 Å².